The van der Waals surface area contributed by atoms with E-state index in [1.54, 1.807) is 20.4 Å². The number of ether oxygens (including phenoxy) is 2. The molecular weight excluding hydrogens is 340 g/mol. The minimum atomic E-state index is 0.293. The Morgan fingerprint density at radius 1 is 1.07 bits per heavy atom. The highest BCUT2D eigenvalue weighted by molar-refractivity contribution is 5.79. The summed E-state index contributed by atoms with van der Waals surface area (Å²) in [5, 5.41) is 6.66. The number of hydrogen-bond acceptors (Lipinski definition) is 4. The summed E-state index contributed by atoms with van der Waals surface area (Å²) in [6.07, 6.45) is 6.79. The van der Waals surface area contributed by atoms with Gasteiger partial charge in [0.25, 0.3) is 0 Å². The van der Waals surface area contributed by atoms with Crippen LogP contribution < -0.4 is 20.1 Å². The van der Waals surface area contributed by atoms with Crippen LogP contribution in [0.25, 0.3) is 0 Å². The number of aliphatic imine (C=N–C) groups is 1. The van der Waals surface area contributed by atoms with Gasteiger partial charge < -0.3 is 20.1 Å². The number of aromatic nitrogens is 1. The maximum Gasteiger partial charge on any atom is 0.218 e. The summed E-state index contributed by atoms with van der Waals surface area (Å²) in [5.74, 6) is 2.30. The monoisotopic (exact) mass is 368 g/mol. The fourth-order valence-corrected chi connectivity index (χ4v) is 3.26. The van der Waals surface area contributed by atoms with Gasteiger partial charge in [-0.05, 0) is 37.8 Å². The van der Waals surface area contributed by atoms with E-state index in [0.29, 0.717) is 19.2 Å². The number of pyridine rings is 1. The third kappa shape index (κ3) is 5.36. The summed E-state index contributed by atoms with van der Waals surface area (Å²) >= 11 is 0. The van der Waals surface area contributed by atoms with Crippen LogP contribution in [0.4, 0.5) is 0 Å². The molecular formula is C21H28N4O2. The number of nitrogens with one attached hydrogen (secondary N) is 2. The molecule has 144 valence electrons. The lowest BCUT2D eigenvalue weighted by Gasteiger charge is -2.17. The summed E-state index contributed by atoms with van der Waals surface area (Å²) < 4.78 is 11.5. The zero-order valence-electron chi connectivity index (χ0n) is 16.1. The topological polar surface area (TPSA) is 67.8 Å². The van der Waals surface area contributed by atoms with Crippen molar-refractivity contribution in [2.75, 3.05) is 14.2 Å². The number of para-hydroxylation sites is 1. The highest BCUT2D eigenvalue weighted by Gasteiger charge is 2.18. The molecule has 0 amide bonds. The fourth-order valence-electron chi connectivity index (χ4n) is 3.26. The highest BCUT2D eigenvalue weighted by atomic mass is 16.5. The molecule has 0 bridgehead atoms. The minimum absolute atomic E-state index is 0.293. The molecule has 27 heavy (non-hydrogen) atoms. The van der Waals surface area contributed by atoms with E-state index in [1.807, 2.05) is 36.4 Å². The van der Waals surface area contributed by atoms with E-state index in [4.69, 9.17) is 9.47 Å². The molecule has 2 N–H and O–H groups in total. The smallest absolute Gasteiger partial charge is 0.218 e. The normalized spacial score (nSPS) is 14.8. The number of guanidine groups is 1. The summed E-state index contributed by atoms with van der Waals surface area (Å²) in [7, 11) is 3.44. The van der Waals surface area contributed by atoms with Crippen LogP contribution in [0.15, 0.2) is 47.6 Å². The number of hydrogen-bond donors (Lipinski definition) is 2. The molecule has 0 spiro atoms. The van der Waals surface area contributed by atoms with Crippen molar-refractivity contribution in [2.45, 2.75) is 44.9 Å². The van der Waals surface area contributed by atoms with Gasteiger partial charge in [0.1, 0.15) is 11.9 Å². The Labute approximate surface area is 161 Å². The summed E-state index contributed by atoms with van der Waals surface area (Å²) in [6, 6.07) is 11.9. The van der Waals surface area contributed by atoms with Crippen molar-refractivity contribution in [1.82, 2.24) is 15.6 Å². The van der Waals surface area contributed by atoms with E-state index in [1.165, 1.54) is 12.8 Å². The molecule has 0 radical (unpaired) electrons. The molecule has 1 aliphatic rings. The lowest BCUT2D eigenvalue weighted by Crippen LogP contribution is -2.36. The second-order valence-corrected chi connectivity index (χ2v) is 6.58. The Kier molecular flexibility index (Phi) is 6.90. The van der Waals surface area contributed by atoms with Crippen molar-refractivity contribution in [2.24, 2.45) is 4.99 Å². The van der Waals surface area contributed by atoms with Crippen LogP contribution in [0, 0.1) is 0 Å². The largest absolute Gasteiger partial charge is 0.496 e. The first-order valence-corrected chi connectivity index (χ1v) is 9.47. The standard InChI is InChI=1S/C21H28N4O2/c1-22-21(24-14-16-8-3-6-12-19(16)26-2)25-15-17-9-7-13-23-20(17)27-18-10-4-5-11-18/h3,6-9,12-13,18H,4-5,10-11,14-15H2,1-2H3,(H2,22,24,25). The van der Waals surface area contributed by atoms with Crippen LogP contribution in [0.5, 0.6) is 11.6 Å². The van der Waals surface area contributed by atoms with Gasteiger partial charge in [0, 0.05) is 37.5 Å². The predicted octanol–water partition coefficient (Wildman–Crippen LogP) is 3.28. The maximum absolute atomic E-state index is 6.10. The summed E-state index contributed by atoms with van der Waals surface area (Å²) in [6.45, 7) is 1.23. The Hall–Kier alpha value is -2.76. The van der Waals surface area contributed by atoms with Crippen LogP contribution in [0.2, 0.25) is 0 Å². The summed E-state index contributed by atoms with van der Waals surface area (Å²) in [5.41, 5.74) is 2.11. The molecule has 0 atom stereocenters. The fraction of sp³-hybridized carbons (Fsp3) is 0.429. The van der Waals surface area contributed by atoms with Gasteiger partial charge in [0.05, 0.1) is 7.11 Å². The molecule has 1 fully saturated rings. The number of benzene rings is 1. The molecule has 2 aromatic rings. The van der Waals surface area contributed by atoms with Crippen LogP contribution in [0.1, 0.15) is 36.8 Å². The van der Waals surface area contributed by atoms with Crippen molar-refractivity contribution in [3.63, 3.8) is 0 Å². The lowest BCUT2D eigenvalue weighted by molar-refractivity contribution is 0.199. The van der Waals surface area contributed by atoms with Gasteiger partial charge in [-0.15, -0.1) is 0 Å². The predicted molar refractivity (Wildman–Crippen MR) is 107 cm³/mol. The second kappa shape index (κ2) is 9.80. The van der Waals surface area contributed by atoms with E-state index in [9.17, 15) is 0 Å². The summed E-state index contributed by atoms with van der Waals surface area (Å²) in [4.78, 5) is 8.72. The van der Waals surface area contributed by atoms with Crippen molar-refractivity contribution >= 4 is 5.96 Å². The van der Waals surface area contributed by atoms with Gasteiger partial charge in [-0.25, -0.2) is 4.98 Å². The van der Waals surface area contributed by atoms with Gasteiger partial charge >= 0.3 is 0 Å². The molecule has 0 aliphatic heterocycles. The molecule has 0 unspecified atom stereocenters. The van der Waals surface area contributed by atoms with Crippen LogP contribution in [0.3, 0.4) is 0 Å². The first-order chi connectivity index (χ1) is 13.3. The zero-order valence-corrected chi connectivity index (χ0v) is 16.1. The second-order valence-electron chi connectivity index (χ2n) is 6.58. The van der Waals surface area contributed by atoms with E-state index in [0.717, 1.165) is 41.6 Å². The quantitative estimate of drug-likeness (QED) is 0.580. The molecule has 0 saturated heterocycles. The molecule has 1 aromatic heterocycles. The Morgan fingerprint density at radius 2 is 1.78 bits per heavy atom. The number of methoxy groups -OCH3 is 1. The first-order valence-electron chi connectivity index (χ1n) is 9.47. The van der Waals surface area contributed by atoms with E-state index >= 15 is 0 Å². The lowest BCUT2D eigenvalue weighted by atomic mass is 10.2. The molecule has 1 aliphatic carbocycles. The van der Waals surface area contributed by atoms with Crippen LogP contribution >= 0.6 is 0 Å². The average Bonchev–Trinajstić information content (AvgIpc) is 3.22. The van der Waals surface area contributed by atoms with Gasteiger partial charge in [-0.1, -0.05) is 24.3 Å². The van der Waals surface area contributed by atoms with Crippen LogP contribution in [-0.2, 0) is 13.1 Å². The molecule has 1 heterocycles. The van der Waals surface area contributed by atoms with Crippen molar-refractivity contribution in [1.29, 1.82) is 0 Å². The Bertz CT molecular complexity index is 757. The molecule has 1 saturated carbocycles. The molecule has 1 aromatic carbocycles. The van der Waals surface area contributed by atoms with Gasteiger partial charge in [0.15, 0.2) is 5.96 Å². The third-order valence-electron chi connectivity index (χ3n) is 4.74. The highest BCUT2D eigenvalue weighted by Crippen LogP contribution is 2.25. The van der Waals surface area contributed by atoms with Gasteiger partial charge in [-0.2, -0.15) is 0 Å². The average molecular weight is 368 g/mol. The van der Waals surface area contributed by atoms with Crippen molar-refractivity contribution < 1.29 is 9.47 Å². The van der Waals surface area contributed by atoms with Crippen molar-refractivity contribution in [3.8, 4) is 11.6 Å². The zero-order chi connectivity index (χ0) is 18.9. The van der Waals surface area contributed by atoms with Crippen LogP contribution in [-0.4, -0.2) is 31.2 Å². The maximum atomic E-state index is 6.10. The van der Waals surface area contributed by atoms with Gasteiger partial charge in [-0.3, -0.25) is 4.99 Å². The van der Waals surface area contributed by atoms with E-state index in [-0.39, 0.29) is 0 Å². The van der Waals surface area contributed by atoms with Crippen molar-refractivity contribution in [3.05, 3.63) is 53.7 Å². The number of rotatable bonds is 7. The SMILES string of the molecule is CN=C(NCc1ccccc1OC)NCc1cccnc1OC1CCCC1. The first kappa shape index (κ1) is 19.0. The van der Waals surface area contributed by atoms with E-state index < -0.39 is 0 Å². The molecule has 3 rings (SSSR count). The molecule has 6 heteroatoms. The Morgan fingerprint density at radius 3 is 2.52 bits per heavy atom. The third-order valence-corrected chi connectivity index (χ3v) is 4.74. The number of nitrogens with zero attached hydrogens (tertiary/aromatic N) is 2. The minimum Gasteiger partial charge on any atom is -0.496 e. The van der Waals surface area contributed by atoms with E-state index in [2.05, 4.69) is 20.6 Å². The van der Waals surface area contributed by atoms with Gasteiger partial charge in [0.2, 0.25) is 5.88 Å². The Balaban J connectivity index is 1.56. The molecule has 6 nitrogen and oxygen atoms in total.